The van der Waals surface area contributed by atoms with Gasteiger partial charge in [-0.25, -0.2) is 4.98 Å². The Labute approximate surface area is 129 Å². The van der Waals surface area contributed by atoms with Gasteiger partial charge in [0.05, 0.1) is 17.1 Å². The largest absolute Gasteiger partial charge is 0.396 e. The van der Waals surface area contributed by atoms with Crippen molar-refractivity contribution in [2.45, 2.75) is 38.6 Å². The molecule has 0 spiro atoms. The van der Waals surface area contributed by atoms with E-state index in [-0.39, 0.29) is 18.6 Å². The normalized spacial score (nSPS) is 22.0. The number of hydrogen-bond acceptors (Lipinski definition) is 4. The molecule has 118 valence electrons. The van der Waals surface area contributed by atoms with Gasteiger partial charge < -0.3 is 10.4 Å². The zero-order valence-electron chi connectivity index (χ0n) is 13.0. The van der Waals surface area contributed by atoms with Crippen LogP contribution in [0.15, 0.2) is 12.3 Å². The predicted molar refractivity (Wildman–Crippen MR) is 83.5 cm³/mol. The number of aliphatic hydroxyl groups is 1. The minimum absolute atomic E-state index is 0.0593. The highest BCUT2D eigenvalue weighted by Gasteiger charge is 2.23. The fourth-order valence-electron chi connectivity index (χ4n) is 3.18. The number of fused-ring (bicyclic) bond motifs is 1. The van der Waals surface area contributed by atoms with Crippen molar-refractivity contribution in [1.82, 2.24) is 20.1 Å². The van der Waals surface area contributed by atoms with Crippen molar-refractivity contribution in [2.75, 3.05) is 6.61 Å². The lowest BCUT2D eigenvalue weighted by Crippen LogP contribution is -2.38. The van der Waals surface area contributed by atoms with E-state index in [2.05, 4.69) is 15.4 Å². The van der Waals surface area contributed by atoms with Crippen LogP contribution in [0.2, 0.25) is 0 Å². The third-order valence-corrected chi connectivity index (χ3v) is 4.52. The van der Waals surface area contributed by atoms with E-state index < -0.39 is 0 Å². The molecule has 0 radical (unpaired) electrons. The van der Waals surface area contributed by atoms with E-state index in [4.69, 9.17) is 0 Å². The average molecular weight is 302 g/mol. The second kappa shape index (κ2) is 6.04. The van der Waals surface area contributed by atoms with E-state index in [9.17, 15) is 9.90 Å². The lowest BCUT2D eigenvalue weighted by atomic mass is 9.86. The lowest BCUT2D eigenvalue weighted by Gasteiger charge is -2.28. The summed E-state index contributed by atoms with van der Waals surface area (Å²) in [5.41, 5.74) is 2.18. The highest BCUT2D eigenvalue weighted by atomic mass is 16.3. The van der Waals surface area contributed by atoms with E-state index in [0.717, 1.165) is 42.4 Å². The number of carbonyl (C=O) groups excluding carboxylic acids is 1. The monoisotopic (exact) mass is 302 g/mol. The average Bonchev–Trinajstić information content (AvgIpc) is 2.88. The summed E-state index contributed by atoms with van der Waals surface area (Å²) in [6, 6.07) is 2.01. The number of nitrogens with zero attached hydrogens (tertiary/aromatic N) is 3. The summed E-state index contributed by atoms with van der Waals surface area (Å²) >= 11 is 0. The van der Waals surface area contributed by atoms with Crippen LogP contribution in [0.25, 0.3) is 11.0 Å². The number of aromatic nitrogens is 3. The van der Waals surface area contributed by atoms with E-state index in [1.54, 1.807) is 10.9 Å². The first-order valence-electron chi connectivity index (χ1n) is 7.79. The summed E-state index contributed by atoms with van der Waals surface area (Å²) in [5.74, 6) is 0.331. The van der Waals surface area contributed by atoms with Gasteiger partial charge in [-0.05, 0) is 44.6 Å². The molecule has 1 fully saturated rings. The Bertz CT molecular complexity index is 687. The molecule has 6 heteroatoms. The second-order valence-corrected chi connectivity index (χ2v) is 6.19. The lowest BCUT2D eigenvalue weighted by molar-refractivity contribution is 0.0915. The van der Waals surface area contributed by atoms with Gasteiger partial charge in [0.2, 0.25) is 0 Å². The molecular formula is C16H22N4O2. The number of aryl methyl sites for hydroxylation is 2. The maximum Gasteiger partial charge on any atom is 0.252 e. The maximum absolute atomic E-state index is 12.6. The fourth-order valence-corrected chi connectivity index (χ4v) is 3.18. The molecule has 3 rings (SSSR count). The summed E-state index contributed by atoms with van der Waals surface area (Å²) in [4.78, 5) is 17.1. The molecule has 2 heterocycles. The van der Waals surface area contributed by atoms with Gasteiger partial charge in [-0.1, -0.05) is 0 Å². The summed E-state index contributed by atoms with van der Waals surface area (Å²) in [7, 11) is 1.83. The van der Waals surface area contributed by atoms with Crippen molar-refractivity contribution in [3.8, 4) is 0 Å². The van der Waals surface area contributed by atoms with Crippen molar-refractivity contribution >= 4 is 16.9 Å². The highest BCUT2D eigenvalue weighted by molar-refractivity contribution is 6.05. The van der Waals surface area contributed by atoms with E-state index in [1.807, 2.05) is 20.0 Å². The Hall–Kier alpha value is -1.95. The van der Waals surface area contributed by atoms with Gasteiger partial charge in [0.15, 0.2) is 5.65 Å². The molecule has 1 aliphatic rings. The first kappa shape index (κ1) is 15.0. The van der Waals surface area contributed by atoms with Crippen molar-refractivity contribution in [3.63, 3.8) is 0 Å². The summed E-state index contributed by atoms with van der Waals surface area (Å²) in [6.07, 6.45) is 5.49. The highest BCUT2D eigenvalue weighted by Crippen LogP contribution is 2.24. The first-order valence-corrected chi connectivity index (χ1v) is 7.79. The number of carbonyl (C=O) groups is 1. The topological polar surface area (TPSA) is 80.0 Å². The molecule has 0 saturated heterocycles. The fraction of sp³-hybridized carbons (Fsp3) is 0.562. The molecule has 0 aromatic carbocycles. The molecule has 0 atom stereocenters. The quantitative estimate of drug-likeness (QED) is 0.901. The van der Waals surface area contributed by atoms with Crippen LogP contribution in [-0.2, 0) is 7.05 Å². The standard InChI is InChI=1S/C16H22N4O2/c1-10-7-13(14-8-17-20(2)15(14)18-10)16(22)19-12-5-3-11(9-21)4-6-12/h7-8,11-12,21H,3-6,9H2,1-2H3,(H,19,22). The molecule has 6 nitrogen and oxygen atoms in total. The molecule has 2 aromatic heterocycles. The molecule has 1 saturated carbocycles. The smallest absolute Gasteiger partial charge is 0.252 e. The number of amides is 1. The molecule has 1 aliphatic carbocycles. The van der Waals surface area contributed by atoms with Crippen molar-refractivity contribution < 1.29 is 9.90 Å². The third kappa shape index (κ3) is 2.83. The maximum atomic E-state index is 12.6. The number of aliphatic hydroxyl groups excluding tert-OH is 1. The molecule has 2 N–H and O–H groups in total. The SMILES string of the molecule is Cc1cc(C(=O)NC2CCC(CO)CC2)c2cnn(C)c2n1. The van der Waals surface area contributed by atoms with Crippen LogP contribution in [0.3, 0.4) is 0 Å². The summed E-state index contributed by atoms with van der Waals surface area (Å²) < 4.78 is 1.69. The number of nitrogens with one attached hydrogen (secondary N) is 1. The van der Waals surface area contributed by atoms with Gasteiger partial charge in [-0.15, -0.1) is 0 Å². The van der Waals surface area contributed by atoms with Gasteiger partial charge >= 0.3 is 0 Å². The molecule has 22 heavy (non-hydrogen) atoms. The zero-order chi connectivity index (χ0) is 15.7. The number of hydrogen-bond donors (Lipinski definition) is 2. The van der Waals surface area contributed by atoms with Crippen LogP contribution in [-0.4, -0.2) is 38.4 Å². The minimum Gasteiger partial charge on any atom is -0.396 e. The van der Waals surface area contributed by atoms with E-state index in [0.29, 0.717) is 11.5 Å². The van der Waals surface area contributed by atoms with Gasteiger partial charge in [0, 0.05) is 25.4 Å². The van der Waals surface area contributed by atoms with Gasteiger partial charge in [0.1, 0.15) is 0 Å². The molecule has 0 unspecified atom stereocenters. The second-order valence-electron chi connectivity index (χ2n) is 6.19. The van der Waals surface area contributed by atoms with Gasteiger partial charge in [0.25, 0.3) is 5.91 Å². The molecule has 0 bridgehead atoms. The van der Waals surface area contributed by atoms with Crippen LogP contribution in [0.4, 0.5) is 0 Å². The Morgan fingerprint density at radius 1 is 1.41 bits per heavy atom. The van der Waals surface area contributed by atoms with E-state index in [1.165, 1.54) is 0 Å². The first-order chi connectivity index (χ1) is 10.6. The Morgan fingerprint density at radius 3 is 2.82 bits per heavy atom. The Kier molecular flexibility index (Phi) is 4.11. The van der Waals surface area contributed by atoms with Crippen molar-refractivity contribution in [3.05, 3.63) is 23.5 Å². The summed E-state index contributed by atoms with van der Waals surface area (Å²) in [5, 5.41) is 17.3. The number of pyridine rings is 1. The molecule has 2 aromatic rings. The van der Waals surface area contributed by atoms with Gasteiger partial charge in [-0.3, -0.25) is 9.48 Å². The van der Waals surface area contributed by atoms with Crippen LogP contribution in [0.1, 0.15) is 41.7 Å². The number of rotatable bonds is 3. The molecule has 0 aliphatic heterocycles. The van der Waals surface area contributed by atoms with E-state index >= 15 is 0 Å². The molecular weight excluding hydrogens is 280 g/mol. The van der Waals surface area contributed by atoms with Gasteiger partial charge in [-0.2, -0.15) is 5.10 Å². The minimum atomic E-state index is -0.0593. The van der Waals surface area contributed by atoms with Crippen LogP contribution >= 0.6 is 0 Å². The van der Waals surface area contributed by atoms with Crippen molar-refractivity contribution in [2.24, 2.45) is 13.0 Å². The summed E-state index contributed by atoms with van der Waals surface area (Å²) in [6.45, 7) is 2.14. The third-order valence-electron chi connectivity index (χ3n) is 4.52. The van der Waals surface area contributed by atoms with Crippen LogP contribution in [0.5, 0.6) is 0 Å². The van der Waals surface area contributed by atoms with Crippen LogP contribution in [0, 0.1) is 12.8 Å². The Morgan fingerprint density at radius 2 is 2.14 bits per heavy atom. The van der Waals surface area contributed by atoms with Crippen molar-refractivity contribution in [1.29, 1.82) is 0 Å². The molecule has 1 amide bonds. The predicted octanol–water partition coefficient (Wildman–Crippen LogP) is 1.56. The Balaban J connectivity index is 1.78. The zero-order valence-corrected chi connectivity index (χ0v) is 13.0. The van der Waals surface area contributed by atoms with Crippen LogP contribution < -0.4 is 5.32 Å².